The number of rotatable bonds is 2. The molecule has 1 spiro atoms. The summed E-state index contributed by atoms with van der Waals surface area (Å²) in [6.07, 6.45) is 11.1. The van der Waals surface area contributed by atoms with Gasteiger partial charge in [0.25, 0.3) is 0 Å². The van der Waals surface area contributed by atoms with Gasteiger partial charge in [0.15, 0.2) is 0 Å². The van der Waals surface area contributed by atoms with Crippen molar-refractivity contribution in [3.63, 3.8) is 0 Å². The zero-order valence-corrected chi connectivity index (χ0v) is 16.8. The van der Waals surface area contributed by atoms with Gasteiger partial charge in [-0.3, -0.25) is 4.79 Å². The third-order valence-corrected chi connectivity index (χ3v) is 9.58. The number of fused-ring (bicyclic) bond motifs is 3. The number of carbonyl (C=O) groups is 1. The standard InChI is InChI=1S/C22H36O3/c1-19-10-6-11-20(2,18(23)24-4)16(19)9-12-22-13-15(7-8-17(19)22)21(3,14-22)25-5/h15-17H,6-14H2,1-5H3/t15-,16+,17+,19-,20-,21+,22+/m1/s1. The molecule has 0 heterocycles. The molecule has 0 aromatic heterocycles. The highest BCUT2D eigenvalue weighted by Crippen LogP contribution is 2.73. The van der Waals surface area contributed by atoms with Crippen LogP contribution in [0.2, 0.25) is 0 Å². The topological polar surface area (TPSA) is 35.5 Å². The molecule has 0 radical (unpaired) electrons. The molecule has 7 atom stereocenters. The lowest BCUT2D eigenvalue weighted by Gasteiger charge is -2.63. The van der Waals surface area contributed by atoms with E-state index in [1.54, 1.807) is 7.11 Å². The van der Waals surface area contributed by atoms with Crippen LogP contribution in [0.3, 0.4) is 0 Å². The van der Waals surface area contributed by atoms with Gasteiger partial charge in [-0.15, -0.1) is 0 Å². The first kappa shape index (κ1) is 17.8. The van der Waals surface area contributed by atoms with E-state index in [1.807, 2.05) is 7.11 Å². The fraction of sp³-hybridized carbons (Fsp3) is 0.955. The molecular formula is C22H36O3. The summed E-state index contributed by atoms with van der Waals surface area (Å²) in [6, 6.07) is 0. The highest BCUT2D eigenvalue weighted by Gasteiger charge is 2.68. The molecule has 0 saturated heterocycles. The molecule has 4 fully saturated rings. The monoisotopic (exact) mass is 348 g/mol. The predicted octanol–water partition coefficient (Wildman–Crippen LogP) is 4.98. The van der Waals surface area contributed by atoms with Crippen molar-refractivity contribution in [1.82, 2.24) is 0 Å². The van der Waals surface area contributed by atoms with Crippen molar-refractivity contribution in [2.75, 3.05) is 14.2 Å². The van der Waals surface area contributed by atoms with Crippen molar-refractivity contribution in [2.45, 2.75) is 84.2 Å². The quantitative estimate of drug-likeness (QED) is 0.660. The fourth-order valence-corrected chi connectivity index (χ4v) is 8.49. The largest absolute Gasteiger partial charge is 0.469 e. The maximum absolute atomic E-state index is 12.7. The zero-order chi connectivity index (χ0) is 18.1. The van der Waals surface area contributed by atoms with Gasteiger partial charge in [0.05, 0.1) is 18.1 Å². The molecular weight excluding hydrogens is 312 g/mol. The molecule has 4 aliphatic rings. The summed E-state index contributed by atoms with van der Waals surface area (Å²) < 4.78 is 11.3. The zero-order valence-electron chi connectivity index (χ0n) is 16.8. The van der Waals surface area contributed by atoms with Gasteiger partial charge in [-0.05, 0) is 93.8 Å². The first-order valence-electron chi connectivity index (χ1n) is 10.4. The minimum Gasteiger partial charge on any atom is -0.469 e. The Morgan fingerprint density at radius 1 is 0.960 bits per heavy atom. The van der Waals surface area contributed by atoms with Gasteiger partial charge < -0.3 is 9.47 Å². The molecule has 4 saturated carbocycles. The van der Waals surface area contributed by atoms with E-state index in [-0.39, 0.29) is 22.4 Å². The minimum atomic E-state index is -0.288. The summed E-state index contributed by atoms with van der Waals surface area (Å²) in [7, 11) is 3.48. The molecule has 0 aromatic rings. The maximum atomic E-state index is 12.7. The fourth-order valence-electron chi connectivity index (χ4n) is 8.49. The smallest absolute Gasteiger partial charge is 0.311 e. The summed E-state index contributed by atoms with van der Waals surface area (Å²) >= 11 is 0. The van der Waals surface area contributed by atoms with Crippen LogP contribution in [0.4, 0.5) is 0 Å². The Balaban J connectivity index is 1.71. The molecule has 3 nitrogen and oxygen atoms in total. The van der Waals surface area contributed by atoms with Crippen LogP contribution in [0.15, 0.2) is 0 Å². The van der Waals surface area contributed by atoms with E-state index in [0.717, 1.165) is 24.7 Å². The van der Waals surface area contributed by atoms with E-state index >= 15 is 0 Å². The summed E-state index contributed by atoms with van der Waals surface area (Å²) in [6.45, 7) is 7.06. The van der Waals surface area contributed by atoms with Crippen LogP contribution in [0.5, 0.6) is 0 Å². The summed E-state index contributed by atoms with van der Waals surface area (Å²) in [4.78, 5) is 12.7. The van der Waals surface area contributed by atoms with Crippen molar-refractivity contribution >= 4 is 5.97 Å². The van der Waals surface area contributed by atoms with Crippen LogP contribution in [-0.4, -0.2) is 25.8 Å². The van der Waals surface area contributed by atoms with E-state index < -0.39 is 0 Å². The van der Waals surface area contributed by atoms with Gasteiger partial charge in [0, 0.05) is 7.11 Å². The normalized spacial score (nSPS) is 54.5. The van der Waals surface area contributed by atoms with Crippen LogP contribution >= 0.6 is 0 Å². The molecule has 3 heteroatoms. The summed E-state index contributed by atoms with van der Waals surface area (Å²) in [5.41, 5.74) is 0.512. The molecule has 25 heavy (non-hydrogen) atoms. The van der Waals surface area contributed by atoms with E-state index in [1.165, 1.54) is 44.9 Å². The van der Waals surface area contributed by atoms with Crippen LogP contribution in [0, 0.1) is 34.0 Å². The van der Waals surface area contributed by atoms with Gasteiger partial charge in [-0.1, -0.05) is 13.3 Å². The van der Waals surface area contributed by atoms with Crippen molar-refractivity contribution in [3.05, 3.63) is 0 Å². The van der Waals surface area contributed by atoms with Crippen LogP contribution < -0.4 is 0 Å². The number of methoxy groups -OCH3 is 2. The van der Waals surface area contributed by atoms with Crippen molar-refractivity contribution in [3.8, 4) is 0 Å². The molecule has 0 amide bonds. The van der Waals surface area contributed by atoms with Gasteiger partial charge in [0.2, 0.25) is 0 Å². The number of hydrogen-bond acceptors (Lipinski definition) is 3. The average Bonchev–Trinajstić information content (AvgIpc) is 2.80. The van der Waals surface area contributed by atoms with Gasteiger partial charge in [-0.2, -0.15) is 0 Å². The lowest BCUT2D eigenvalue weighted by molar-refractivity contribution is -0.184. The Morgan fingerprint density at radius 2 is 1.72 bits per heavy atom. The maximum Gasteiger partial charge on any atom is 0.311 e. The Kier molecular flexibility index (Phi) is 3.90. The Hall–Kier alpha value is -0.570. The number of ether oxygens (including phenoxy) is 2. The lowest BCUT2D eigenvalue weighted by atomic mass is 9.41. The lowest BCUT2D eigenvalue weighted by Crippen LogP contribution is -2.58. The second-order valence-corrected chi connectivity index (χ2v) is 10.4. The van der Waals surface area contributed by atoms with E-state index in [2.05, 4.69) is 20.8 Å². The number of esters is 1. The Morgan fingerprint density at radius 3 is 2.40 bits per heavy atom. The van der Waals surface area contributed by atoms with Crippen LogP contribution in [0.25, 0.3) is 0 Å². The van der Waals surface area contributed by atoms with E-state index in [9.17, 15) is 4.79 Å². The summed E-state index contributed by atoms with van der Waals surface area (Å²) in [5.74, 6) is 1.98. The first-order chi connectivity index (χ1) is 11.7. The van der Waals surface area contributed by atoms with E-state index in [0.29, 0.717) is 11.3 Å². The highest BCUT2D eigenvalue weighted by molar-refractivity contribution is 5.77. The second-order valence-electron chi connectivity index (χ2n) is 10.4. The molecule has 0 aliphatic heterocycles. The third-order valence-electron chi connectivity index (χ3n) is 9.58. The van der Waals surface area contributed by atoms with Gasteiger partial charge >= 0.3 is 5.97 Å². The summed E-state index contributed by atoms with van der Waals surface area (Å²) in [5, 5.41) is 0. The molecule has 0 aromatic carbocycles. The highest BCUT2D eigenvalue weighted by atomic mass is 16.5. The van der Waals surface area contributed by atoms with Crippen LogP contribution in [0.1, 0.15) is 78.6 Å². The molecule has 4 aliphatic carbocycles. The van der Waals surface area contributed by atoms with E-state index in [4.69, 9.17) is 9.47 Å². The third kappa shape index (κ3) is 2.17. The molecule has 0 N–H and O–H groups in total. The Bertz CT molecular complexity index is 574. The average molecular weight is 349 g/mol. The predicted molar refractivity (Wildman–Crippen MR) is 98.1 cm³/mol. The molecule has 4 rings (SSSR count). The van der Waals surface area contributed by atoms with Crippen molar-refractivity contribution in [1.29, 1.82) is 0 Å². The second kappa shape index (κ2) is 5.47. The van der Waals surface area contributed by atoms with Crippen molar-refractivity contribution < 1.29 is 14.3 Å². The van der Waals surface area contributed by atoms with Gasteiger partial charge in [-0.25, -0.2) is 0 Å². The molecule has 142 valence electrons. The molecule has 2 bridgehead atoms. The molecule has 0 unspecified atom stereocenters. The van der Waals surface area contributed by atoms with Crippen LogP contribution in [-0.2, 0) is 14.3 Å². The number of hydrogen-bond donors (Lipinski definition) is 0. The minimum absolute atomic E-state index is 0.0289. The SMILES string of the molecule is COC(=O)[C@]1(C)CCC[C@@]2(C)[C@@H]3CC[C@@H]4C[C@@]3(CC[C@@H]21)C[C@]4(C)OC. The Labute approximate surface area is 153 Å². The number of carbonyl (C=O) groups excluding carboxylic acids is 1. The van der Waals surface area contributed by atoms with Gasteiger partial charge in [0.1, 0.15) is 0 Å². The first-order valence-corrected chi connectivity index (χ1v) is 10.4. The van der Waals surface area contributed by atoms with Crippen molar-refractivity contribution in [2.24, 2.45) is 34.0 Å².